The topological polar surface area (TPSA) is 72.9 Å². The third-order valence-corrected chi connectivity index (χ3v) is 3.13. The Balaban J connectivity index is 1.88. The minimum Gasteiger partial charge on any atom is -0.397 e. The van der Waals surface area contributed by atoms with Gasteiger partial charge in [0, 0.05) is 24.1 Å². The molecule has 0 aromatic carbocycles. The lowest BCUT2D eigenvalue weighted by molar-refractivity contribution is -0.120. The molecule has 2 aromatic heterocycles. The molecule has 100 valence electrons. The first-order chi connectivity index (χ1) is 9.06. The molecule has 2 heterocycles. The highest BCUT2D eigenvalue weighted by atomic mass is 16.1. The Morgan fingerprint density at radius 3 is 2.74 bits per heavy atom. The molecule has 0 bridgehead atoms. The molecule has 0 unspecified atom stereocenters. The lowest BCUT2D eigenvalue weighted by atomic mass is 10.2. The molecule has 0 aliphatic heterocycles. The van der Waals surface area contributed by atoms with Gasteiger partial charge in [0.2, 0.25) is 5.91 Å². The fraction of sp³-hybridized carbons (Fsp3) is 0.286. The first-order valence-corrected chi connectivity index (χ1v) is 6.14. The van der Waals surface area contributed by atoms with Crippen molar-refractivity contribution >= 4 is 11.6 Å². The summed E-state index contributed by atoms with van der Waals surface area (Å²) < 4.78 is 2.06. The molecule has 0 aliphatic rings. The number of carbonyl (C=O) groups is 1. The number of pyridine rings is 1. The summed E-state index contributed by atoms with van der Waals surface area (Å²) in [6.07, 6.45) is 1.83. The van der Waals surface area contributed by atoms with E-state index in [1.165, 1.54) is 5.69 Å². The van der Waals surface area contributed by atoms with Gasteiger partial charge in [0.25, 0.3) is 0 Å². The van der Waals surface area contributed by atoms with Crippen LogP contribution in [-0.4, -0.2) is 15.5 Å². The van der Waals surface area contributed by atoms with E-state index in [2.05, 4.69) is 14.9 Å². The SMILES string of the molecule is Cc1ccc(CNC(=O)Cc2ccc(N)cn2)n1C. The van der Waals surface area contributed by atoms with Crippen molar-refractivity contribution in [3.05, 3.63) is 47.5 Å². The zero-order valence-electron chi connectivity index (χ0n) is 11.2. The Morgan fingerprint density at radius 2 is 2.16 bits per heavy atom. The largest absolute Gasteiger partial charge is 0.397 e. The smallest absolute Gasteiger partial charge is 0.226 e. The summed E-state index contributed by atoms with van der Waals surface area (Å²) in [5.41, 5.74) is 9.11. The van der Waals surface area contributed by atoms with E-state index in [0.29, 0.717) is 12.2 Å². The lowest BCUT2D eigenvalue weighted by Crippen LogP contribution is -2.25. The third kappa shape index (κ3) is 3.34. The van der Waals surface area contributed by atoms with Crippen LogP contribution in [-0.2, 0) is 24.8 Å². The number of nitrogens with two attached hydrogens (primary N) is 1. The summed E-state index contributed by atoms with van der Waals surface area (Å²) in [7, 11) is 1.98. The highest BCUT2D eigenvalue weighted by Gasteiger charge is 2.06. The molecule has 0 fully saturated rings. The van der Waals surface area contributed by atoms with Gasteiger partial charge in [-0.1, -0.05) is 0 Å². The van der Waals surface area contributed by atoms with Gasteiger partial charge in [0.1, 0.15) is 0 Å². The number of nitrogens with zero attached hydrogens (tertiary/aromatic N) is 2. The van der Waals surface area contributed by atoms with Crippen molar-refractivity contribution in [1.29, 1.82) is 0 Å². The predicted molar refractivity (Wildman–Crippen MR) is 74.4 cm³/mol. The summed E-state index contributed by atoms with van der Waals surface area (Å²) in [6.45, 7) is 2.56. The van der Waals surface area contributed by atoms with Gasteiger partial charge in [-0.15, -0.1) is 0 Å². The Kier molecular flexibility index (Phi) is 3.85. The monoisotopic (exact) mass is 258 g/mol. The molecule has 0 spiro atoms. The van der Waals surface area contributed by atoms with Gasteiger partial charge in [-0.3, -0.25) is 9.78 Å². The van der Waals surface area contributed by atoms with Crippen LogP contribution in [0.2, 0.25) is 0 Å². The normalized spacial score (nSPS) is 10.4. The van der Waals surface area contributed by atoms with Crippen molar-refractivity contribution < 1.29 is 4.79 Å². The highest BCUT2D eigenvalue weighted by Crippen LogP contribution is 2.06. The van der Waals surface area contributed by atoms with Crippen LogP contribution in [0.15, 0.2) is 30.5 Å². The van der Waals surface area contributed by atoms with Crippen molar-refractivity contribution in [3.8, 4) is 0 Å². The van der Waals surface area contributed by atoms with Crippen molar-refractivity contribution in [2.45, 2.75) is 19.9 Å². The predicted octanol–water partition coefficient (Wildman–Crippen LogP) is 1.17. The zero-order valence-corrected chi connectivity index (χ0v) is 11.2. The van der Waals surface area contributed by atoms with E-state index in [9.17, 15) is 4.79 Å². The highest BCUT2D eigenvalue weighted by molar-refractivity contribution is 5.78. The molecule has 2 rings (SSSR count). The van der Waals surface area contributed by atoms with Crippen LogP contribution in [0.4, 0.5) is 5.69 Å². The van der Waals surface area contributed by atoms with E-state index >= 15 is 0 Å². The number of amides is 1. The van der Waals surface area contributed by atoms with Crippen LogP contribution in [0.5, 0.6) is 0 Å². The van der Waals surface area contributed by atoms with E-state index in [0.717, 1.165) is 11.4 Å². The van der Waals surface area contributed by atoms with Crippen LogP contribution < -0.4 is 11.1 Å². The number of hydrogen-bond acceptors (Lipinski definition) is 3. The maximum Gasteiger partial charge on any atom is 0.226 e. The van der Waals surface area contributed by atoms with Crippen LogP contribution in [0.3, 0.4) is 0 Å². The van der Waals surface area contributed by atoms with Gasteiger partial charge in [0.05, 0.1) is 24.8 Å². The van der Waals surface area contributed by atoms with Crippen molar-refractivity contribution in [2.75, 3.05) is 5.73 Å². The second-order valence-corrected chi connectivity index (χ2v) is 4.56. The van der Waals surface area contributed by atoms with E-state index in [-0.39, 0.29) is 12.3 Å². The number of hydrogen-bond donors (Lipinski definition) is 2. The molecule has 0 saturated heterocycles. The minimum atomic E-state index is -0.0453. The number of nitrogen functional groups attached to an aromatic ring is 1. The standard InChI is InChI=1S/C14H18N4O/c1-10-3-6-13(18(10)2)9-17-14(19)7-12-5-4-11(15)8-16-12/h3-6,8H,7,9,15H2,1-2H3,(H,17,19). The second kappa shape index (κ2) is 5.56. The van der Waals surface area contributed by atoms with Crippen LogP contribution in [0, 0.1) is 6.92 Å². The summed E-state index contributed by atoms with van der Waals surface area (Å²) >= 11 is 0. The van der Waals surface area contributed by atoms with Crippen molar-refractivity contribution in [3.63, 3.8) is 0 Å². The quantitative estimate of drug-likeness (QED) is 0.864. The Labute approximate surface area is 112 Å². The fourth-order valence-electron chi connectivity index (χ4n) is 1.80. The van der Waals surface area contributed by atoms with Crippen molar-refractivity contribution in [2.24, 2.45) is 7.05 Å². The molecule has 3 N–H and O–H groups in total. The molecule has 1 amide bonds. The Hall–Kier alpha value is -2.30. The number of carbonyl (C=O) groups excluding carboxylic acids is 1. The number of aromatic nitrogens is 2. The van der Waals surface area contributed by atoms with E-state index < -0.39 is 0 Å². The first-order valence-electron chi connectivity index (χ1n) is 6.14. The molecule has 2 aromatic rings. The molecule has 0 saturated carbocycles. The van der Waals surface area contributed by atoms with Crippen LogP contribution in [0.25, 0.3) is 0 Å². The summed E-state index contributed by atoms with van der Waals surface area (Å²) in [6, 6.07) is 7.55. The second-order valence-electron chi connectivity index (χ2n) is 4.56. The molecule has 0 atom stereocenters. The fourth-order valence-corrected chi connectivity index (χ4v) is 1.80. The van der Waals surface area contributed by atoms with E-state index in [1.54, 1.807) is 18.3 Å². The molecule has 5 nitrogen and oxygen atoms in total. The van der Waals surface area contributed by atoms with E-state index in [1.807, 2.05) is 26.1 Å². The number of anilines is 1. The molecule has 19 heavy (non-hydrogen) atoms. The summed E-state index contributed by atoms with van der Waals surface area (Å²) in [4.78, 5) is 15.9. The van der Waals surface area contributed by atoms with Crippen LogP contribution >= 0.6 is 0 Å². The average Bonchev–Trinajstić information content (AvgIpc) is 2.70. The van der Waals surface area contributed by atoms with Gasteiger partial charge >= 0.3 is 0 Å². The van der Waals surface area contributed by atoms with E-state index in [4.69, 9.17) is 5.73 Å². The number of nitrogens with one attached hydrogen (secondary N) is 1. The summed E-state index contributed by atoms with van der Waals surface area (Å²) in [5.74, 6) is -0.0453. The van der Waals surface area contributed by atoms with Crippen LogP contribution in [0.1, 0.15) is 17.1 Å². The zero-order chi connectivity index (χ0) is 13.8. The van der Waals surface area contributed by atoms with Gasteiger partial charge in [-0.2, -0.15) is 0 Å². The molecular weight excluding hydrogens is 240 g/mol. The molecule has 0 aliphatic carbocycles. The minimum absolute atomic E-state index is 0.0453. The van der Waals surface area contributed by atoms with Gasteiger partial charge < -0.3 is 15.6 Å². The number of aryl methyl sites for hydroxylation is 1. The van der Waals surface area contributed by atoms with Gasteiger partial charge in [-0.05, 0) is 31.2 Å². The average molecular weight is 258 g/mol. The summed E-state index contributed by atoms with van der Waals surface area (Å²) in [5, 5.41) is 2.89. The van der Waals surface area contributed by atoms with Crippen molar-refractivity contribution in [1.82, 2.24) is 14.9 Å². The van der Waals surface area contributed by atoms with Gasteiger partial charge in [-0.25, -0.2) is 0 Å². The molecular formula is C14H18N4O. The first kappa shape index (κ1) is 13.1. The maximum absolute atomic E-state index is 11.8. The number of rotatable bonds is 4. The Bertz CT molecular complexity index is 572. The molecule has 5 heteroatoms. The molecule has 0 radical (unpaired) electrons. The van der Waals surface area contributed by atoms with Gasteiger partial charge in [0.15, 0.2) is 0 Å². The third-order valence-electron chi connectivity index (χ3n) is 3.13. The Morgan fingerprint density at radius 1 is 1.37 bits per heavy atom. The maximum atomic E-state index is 11.8. The lowest BCUT2D eigenvalue weighted by Gasteiger charge is -2.07.